The van der Waals surface area contributed by atoms with Gasteiger partial charge in [-0.2, -0.15) is 5.26 Å². The zero-order valence-corrected chi connectivity index (χ0v) is 15.1. The molecular weight excluding hydrogens is 393 g/mol. The fourth-order valence-corrected chi connectivity index (χ4v) is 4.30. The summed E-state index contributed by atoms with van der Waals surface area (Å²) in [6, 6.07) is 10.3. The second kappa shape index (κ2) is 6.31. The number of pyridine rings is 1. The Morgan fingerprint density at radius 1 is 1.03 bits per heavy atom. The molecule has 3 aromatic rings. The first-order valence-electron chi connectivity index (χ1n) is 8.94. The van der Waals surface area contributed by atoms with E-state index >= 15 is 0 Å². The van der Waals surface area contributed by atoms with Crippen LogP contribution in [0.2, 0.25) is 0 Å². The predicted octanol–water partition coefficient (Wildman–Crippen LogP) is 4.64. The van der Waals surface area contributed by atoms with E-state index in [1.54, 1.807) is 30.3 Å². The van der Waals surface area contributed by atoms with E-state index in [-0.39, 0.29) is 22.5 Å². The first-order valence-corrected chi connectivity index (χ1v) is 8.94. The lowest BCUT2D eigenvalue weighted by molar-refractivity contribution is 0.218. The highest BCUT2D eigenvalue weighted by atomic mass is 19.2. The molecule has 0 saturated carbocycles. The maximum atomic E-state index is 14.7. The van der Waals surface area contributed by atoms with Gasteiger partial charge in [0.2, 0.25) is 0 Å². The number of aromatic nitrogens is 1. The minimum Gasteiger partial charge on any atom is -0.507 e. The van der Waals surface area contributed by atoms with Crippen molar-refractivity contribution in [3.05, 3.63) is 93.9 Å². The molecule has 0 amide bonds. The van der Waals surface area contributed by atoms with Crippen LogP contribution in [0.1, 0.15) is 28.4 Å². The van der Waals surface area contributed by atoms with Crippen molar-refractivity contribution in [2.75, 3.05) is 0 Å². The van der Waals surface area contributed by atoms with E-state index in [9.17, 15) is 28.6 Å². The first kappa shape index (κ1) is 18.2. The van der Waals surface area contributed by atoms with Crippen LogP contribution < -0.4 is 0 Å². The molecule has 1 aromatic heterocycles. The molecule has 5 rings (SSSR count). The van der Waals surface area contributed by atoms with Crippen molar-refractivity contribution in [3.8, 4) is 23.1 Å². The van der Waals surface area contributed by atoms with Crippen LogP contribution in [0.25, 0.3) is 22.4 Å². The Kier molecular flexibility index (Phi) is 3.82. The van der Waals surface area contributed by atoms with Crippen LogP contribution in [-0.4, -0.2) is 15.2 Å². The molecule has 1 heterocycles. The van der Waals surface area contributed by atoms with E-state index in [1.165, 1.54) is 12.3 Å². The number of aromatic hydroxyl groups is 1. The average molecular weight is 404 g/mol. The van der Waals surface area contributed by atoms with Gasteiger partial charge in [0.15, 0.2) is 11.6 Å². The number of nitrogens with zero attached hydrogens (tertiary/aromatic N) is 2. The quantitative estimate of drug-likeness (QED) is 0.331. The van der Waals surface area contributed by atoms with Crippen molar-refractivity contribution in [3.63, 3.8) is 0 Å². The molecule has 1 unspecified atom stereocenters. The van der Waals surface area contributed by atoms with Gasteiger partial charge in [-0.05, 0) is 23.3 Å². The molecule has 4 nitrogen and oxygen atoms in total. The normalized spacial score (nSPS) is 20.1. The van der Waals surface area contributed by atoms with Crippen molar-refractivity contribution in [1.29, 1.82) is 5.26 Å². The smallest absolute Gasteiger partial charge is 0.165 e. The molecule has 0 spiro atoms. The van der Waals surface area contributed by atoms with E-state index in [4.69, 9.17) is 0 Å². The van der Waals surface area contributed by atoms with Crippen LogP contribution in [0.3, 0.4) is 0 Å². The van der Waals surface area contributed by atoms with Gasteiger partial charge < -0.3 is 10.2 Å². The number of rotatable bonds is 0. The summed E-state index contributed by atoms with van der Waals surface area (Å²) in [6.07, 6.45) is 0.805. The lowest BCUT2D eigenvalue weighted by Crippen LogP contribution is -2.03. The molecule has 2 aliphatic rings. The summed E-state index contributed by atoms with van der Waals surface area (Å²) in [7, 11) is 0. The van der Waals surface area contributed by atoms with Gasteiger partial charge in [-0.25, -0.2) is 13.2 Å². The SMILES string of the molecule is N#CC=C1/C(=C2/c3cccnc3-c3c(O)cccc32)C(O)c2c(F)c(F)cc(F)c21. The Morgan fingerprint density at radius 3 is 2.57 bits per heavy atom. The van der Waals surface area contributed by atoms with Crippen LogP contribution in [-0.2, 0) is 0 Å². The van der Waals surface area contributed by atoms with Gasteiger partial charge in [0.05, 0.1) is 17.3 Å². The highest BCUT2D eigenvalue weighted by molar-refractivity contribution is 6.09. The minimum atomic E-state index is -1.72. The molecule has 1 atom stereocenters. The molecule has 2 aliphatic carbocycles. The summed E-state index contributed by atoms with van der Waals surface area (Å²) >= 11 is 0. The van der Waals surface area contributed by atoms with Crippen LogP contribution in [0.15, 0.2) is 54.2 Å². The van der Waals surface area contributed by atoms with Crippen molar-refractivity contribution in [2.24, 2.45) is 0 Å². The summed E-state index contributed by atoms with van der Waals surface area (Å²) in [5, 5.41) is 30.7. The number of hydrogen-bond acceptors (Lipinski definition) is 4. The first-order chi connectivity index (χ1) is 14.5. The van der Waals surface area contributed by atoms with Crippen LogP contribution in [0, 0.1) is 28.8 Å². The molecule has 0 radical (unpaired) electrons. The zero-order chi connectivity index (χ0) is 21.2. The Balaban J connectivity index is 1.95. The maximum Gasteiger partial charge on any atom is 0.165 e. The number of aliphatic hydroxyl groups is 1. The number of allylic oxidation sites excluding steroid dienone is 1. The van der Waals surface area contributed by atoms with E-state index in [1.807, 2.05) is 0 Å². The van der Waals surface area contributed by atoms with Crippen molar-refractivity contribution < 1.29 is 23.4 Å². The fraction of sp³-hybridized carbons (Fsp3) is 0.0435. The van der Waals surface area contributed by atoms with E-state index < -0.39 is 29.1 Å². The molecule has 146 valence electrons. The fourth-order valence-electron chi connectivity index (χ4n) is 4.30. The van der Waals surface area contributed by atoms with Gasteiger partial charge in [0, 0.05) is 46.2 Å². The Labute approximate surface area is 168 Å². The third kappa shape index (κ3) is 2.22. The Bertz CT molecular complexity index is 1370. The van der Waals surface area contributed by atoms with Gasteiger partial charge >= 0.3 is 0 Å². The minimum absolute atomic E-state index is 0.0441. The molecule has 30 heavy (non-hydrogen) atoms. The summed E-state index contributed by atoms with van der Waals surface area (Å²) < 4.78 is 43.1. The number of hydrogen-bond donors (Lipinski definition) is 2. The molecule has 7 heteroatoms. The van der Waals surface area contributed by atoms with Crippen LogP contribution in [0.4, 0.5) is 13.2 Å². The summed E-state index contributed by atoms with van der Waals surface area (Å²) in [4.78, 5) is 4.31. The number of aliphatic hydroxyl groups excluding tert-OH is 1. The zero-order valence-electron chi connectivity index (χ0n) is 15.1. The molecule has 0 aliphatic heterocycles. The average Bonchev–Trinajstić information content (AvgIpc) is 3.20. The van der Waals surface area contributed by atoms with E-state index in [0.29, 0.717) is 34.0 Å². The third-order valence-electron chi connectivity index (χ3n) is 5.42. The number of fused-ring (bicyclic) bond motifs is 4. The van der Waals surface area contributed by atoms with Gasteiger partial charge in [-0.1, -0.05) is 18.2 Å². The number of halogens is 3. The Hall–Kier alpha value is -3.89. The number of benzene rings is 2. The lowest BCUT2D eigenvalue weighted by Gasteiger charge is -2.13. The predicted molar refractivity (Wildman–Crippen MR) is 102 cm³/mol. The second-order valence-corrected chi connectivity index (χ2v) is 6.92. The van der Waals surface area contributed by atoms with Crippen molar-refractivity contribution in [2.45, 2.75) is 6.10 Å². The monoisotopic (exact) mass is 404 g/mol. The van der Waals surface area contributed by atoms with Gasteiger partial charge in [0.25, 0.3) is 0 Å². The number of phenolic OH excluding ortho intramolecular Hbond substituents is 1. The topological polar surface area (TPSA) is 77.1 Å². The van der Waals surface area contributed by atoms with Crippen molar-refractivity contribution >= 4 is 11.1 Å². The highest BCUT2D eigenvalue weighted by Gasteiger charge is 2.41. The number of phenols is 1. The van der Waals surface area contributed by atoms with Crippen molar-refractivity contribution in [1.82, 2.24) is 4.98 Å². The summed E-state index contributed by atoms with van der Waals surface area (Å²) in [5.74, 6) is -3.94. The van der Waals surface area contributed by atoms with Gasteiger partial charge in [-0.15, -0.1) is 0 Å². The lowest BCUT2D eigenvalue weighted by atomic mass is 9.92. The molecule has 0 bridgehead atoms. The van der Waals surface area contributed by atoms with Gasteiger partial charge in [-0.3, -0.25) is 4.98 Å². The largest absolute Gasteiger partial charge is 0.507 e. The highest BCUT2D eigenvalue weighted by Crippen LogP contribution is 2.56. The molecular formula is C23H11F3N2O2. The second-order valence-electron chi connectivity index (χ2n) is 6.92. The maximum absolute atomic E-state index is 14.7. The van der Waals surface area contributed by atoms with Crippen LogP contribution >= 0.6 is 0 Å². The van der Waals surface area contributed by atoms with E-state index in [2.05, 4.69) is 4.98 Å². The standard InChI is InChI=1S/C23H11F3N2O2/c24-13-9-14(25)21(26)20-17(13)11(6-7-27)19(23(20)30)16-10-3-1-5-15(29)18(10)22-12(16)4-2-8-28-22/h1-6,8-9,23,29-30H/b11-6?,19-16-. The van der Waals surface area contributed by atoms with Crippen LogP contribution in [0.5, 0.6) is 5.75 Å². The molecule has 2 aromatic carbocycles. The van der Waals surface area contributed by atoms with Gasteiger partial charge in [0.1, 0.15) is 17.7 Å². The molecule has 2 N–H and O–H groups in total. The summed E-state index contributed by atoms with van der Waals surface area (Å²) in [5.41, 5.74) is 1.29. The van der Waals surface area contributed by atoms with E-state index in [0.717, 1.165) is 6.08 Å². The summed E-state index contributed by atoms with van der Waals surface area (Å²) in [6.45, 7) is 0. The Morgan fingerprint density at radius 2 is 1.80 bits per heavy atom. The third-order valence-corrected chi connectivity index (χ3v) is 5.42. The number of nitriles is 1. The molecule has 0 saturated heterocycles. The molecule has 0 fully saturated rings.